The maximum Gasteiger partial charge on any atom is 0.211 e. The van der Waals surface area contributed by atoms with Crippen molar-refractivity contribution >= 4 is 27.2 Å². The van der Waals surface area contributed by atoms with E-state index in [0.717, 1.165) is 11.1 Å². The van der Waals surface area contributed by atoms with Crippen molar-refractivity contribution in [3.05, 3.63) is 35.1 Å². The highest BCUT2D eigenvalue weighted by molar-refractivity contribution is 7.88. The summed E-state index contributed by atoms with van der Waals surface area (Å²) in [5, 5.41) is 0.453. The normalized spacial score (nSPS) is 17.9. The Morgan fingerprint density at radius 1 is 1.47 bits per heavy atom. The monoisotopic (exact) mass is 272 g/mol. The van der Waals surface area contributed by atoms with Gasteiger partial charge < -0.3 is 0 Å². The lowest BCUT2D eigenvalue weighted by molar-refractivity contribution is 0.446. The van der Waals surface area contributed by atoms with E-state index < -0.39 is 10.0 Å². The molecule has 1 aliphatic heterocycles. The van der Waals surface area contributed by atoms with Crippen LogP contribution in [-0.2, 0) is 10.0 Å². The van der Waals surface area contributed by atoms with Crippen molar-refractivity contribution in [2.24, 2.45) is 0 Å². The molecule has 0 saturated heterocycles. The summed E-state index contributed by atoms with van der Waals surface area (Å²) in [6, 6.07) is 3.68. The fourth-order valence-corrected chi connectivity index (χ4v) is 2.76. The highest BCUT2D eigenvalue weighted by atomic mass is 35.5. The van der Waals surface area contributed by atoms with Gasteiger partial charge in [-0.2, -0.15) is 4.31 Å². The molecule has 2 rings (SSSR count). The Balaban J connectivity index is 2.19. The Morgan fingerprint density at radius 3 is 2.76 bits per heavy atom. The number of pyridine rings is 1. The van der Waals surface area contributed by atoms with Crippen LogP contribution in [0.25, 0.3) is 5.57 Å². The molecule has 0 bridgehead atoms. The zero-order chi connectivity index (χ0) is 12.5. The van der Waals surface area contributed by atoms with E-state index in [1.54, 1.807) is 12.3 Å². The molecule has 0 radical (unpaired) electrons. The first-order valence-corrected chi connectivity index (χ1v) is 7.45. The molecule has 0 fully saturated rings. The molecule has 0 N–H and O–H groups in total. The van der Waals surface area contributed by atoms with Crippen molar-refractivity contribution in [3.8, 4) is 0 Å². The minimum absolute atomic E-state index is 0.425. The molecule has 92 valence electrons. The fourth-order valence-electron chi connectivity index (χ4n) is 1.82. The van der Waals surface area contributed by atoms with E-state index in [2.05, 4.69) is 4.98 Å². The number of halogens is 1. The van der Waals surface area contributed by atoms with Gasteiger partial charge in [0, 0.05) is 19.3 Å². The Kier molecular flexibility index (Phi) is 3.51. The summed E-state index contributed by atoms with van der Waals surface area (Å²) >= 11 is 5.82. The van der Waals surface area contributed by atoms with E-state index in [1.807, 2.05) is 12.1 Å². The molecule has 2 heterocycles. The van der Waals surface area contributed by atoms with Crippen molar-refractivity contribution < 1.29 is 8.42 Å². The summed E-state index contributed by atoms with van der Waals surface area (Å²) in [6.45, 7) is 0.943. The molecule has 0 saturated carbocycles. The lowest BCUT2D eigenvalue weighted by Gasteiger charge is -2.24. The fraction of sp³-hybridized carbons (Fsp3) is 0.364. The number of rotatable bonds is 2. The van der Waals surface area contributed by atoms with Crippen molar-refractivity contribution in [2.75, 3.05) is 19.3 Å². The number of aromatic nitrogens is 1. The van der Waals surface area contributed by atoms with E-state index >= 15 is 0 Å². The molecule has 0 unspecified atom stereocenters. The van der Waals surface area contributed by atoms with Crippen molar-refractivity contribution in [3.63, 3.8) is 0 Å². The quantitative estimate of drug-likeness (QED) is 0.771. The Hall–Kier alpha value is -0.910. The highest BCUT2D eigenvalue weighted by Gasteiger charge is 2.20. The molecule has 6 heteroatoms. The maximum atomic E-state index is 11.3. The van der Waals surface area contributed by atoms with Gasteiger partial charge in [-0.05, 0) is 29.7 Å². The number of hydrogen-bond acceptors (Lipinski definition) is 3. The van der Waals surface area contributed by atoms with Crippen LogP contribution in [0.1, 0.15) is 12.0 Å². The van der Waals surface area contributed by atoms with Gasteiger partial charge in [-0.3, -0.25) is 0 Å². The molecule has 0 aliphatic carbocycles. The van der Waals surface area contributed by atoms with E-state index in [4.69, 9.17) is 11.6 Å². The first-order valence-electron chi connectivity index (χ1n) is 5.23. The first-order chi connectivity index (χ1) is 7.97. The zero-order valence-electron chi connectivity index (χ0n) is 9.43. The minimum atomic E-state index is -3.09. The minimum Gasteiger partial charge on any atom is -0.245 e. The second kappa shape index (κ2) is 4.76. The van der Waals surface area contributed by atoms with Gasteiger partial charge in [0.05, 0.1) is 6.26 Å². The summed E-state index contributed by atoms with van der Waals surface area (Å²) in [7, 11) is -3.09. The lowest BCUT2D eigenvalue weighted by Crippen LogP contribution is -2.33. The van der Waals surface area contributed by atoms with E-state index in [-0.39, 0.29) is 0 Å². The molecule has 0 atom stereocenters. The summed E-state index contributed by atoms with van der Waals surface area (Å²) in [5.74, 6) is 0. The number of hydrogen-bond donors (Lipinski definition) is 0. The van der Waals surface area contributed by atoms with Crippen LogP contribution in [0.3, 0.4) is 0 Å². The second-order valence-corrected chi connectivity index (χ2v) is 6.34. The van der Waals surface area contributed by atoms with E-state index in [0.29, 0.717) is 24.7 Å². The average Bonchev–Trinajstić information content (AvgIpc) is 2.28. The molecule has 0 amide bonds. The van der Waals surface area contributed by atoms with Crippen LogP contribution in [0.5, 0.6) is 0 Å². The first kappa shape index (κ1) is 12.5. The average molecular weight is 273 g/mol. The number of sulfonamides is 1. The Bertz CT molecular complexity index is 554. The van der Waals surface area contributed by atoms with Gasteiger partial charge in [-0.1, -0.05) is 17.7 Å². The van der Waals surface area contributed by atoms with Crippen LogP contribution in [0.15, 0.2) is 24.4 Å². The van der Waals surface area contributed by atoms with Crippen molar-refractivity contribution in [2.45, 2.75) is 6.42 Å². The van der Waals surface area contributed by atoms with E-state index in [1.165, 1.54) is 10.6 Å². The van der Waals surface area contributed by atoms with Crippen LogP contribution >= 0.6 is 11.6 Å². The summed E-state index contributed by atoms with van der Waals surface area (Å²) in [5.41, 5.74) is 2.13. The Labute approximate surface area is 106 Å². The number of nitrogens with zero attached hydrogens (tertiary/aromatic N) is 2. The van der Waals surface area contributed by atoms with Crippen molar-refractivity contribution in [1.82, 2.24) is 9.29 Å². The molecular weight excluding hydrogens is 260 g/mol. The third kappa shape index (κ3) is 3.06. The third-order valence-electron chi connectivity index (χ3n) is 2.74. The van der Waals surface area contributed by atoms with Crippen LogP contribution in [0.4, 0.5) is 0 Å². The molecule has 0 spiro atoms. The van der Waals surface area contributed by atoms with Gasteiger partial charge >= 0.3 is 0 Å². The van der Waals surface area contributed by atoms with Crippen molar-refractivity contribution in [1.29, 1.82) is 0 Å². The Morgan fingerprint density at radius 2 is 2.24 bits per heavy atom. The lowest BCUT2D eigenvalue weighted by atomic mass is 10.0. The predicted octanol–water partition coefficient (Wildman–Crippen LogP) is 1.78. The van der Waals surface area contributed by atoms with Gasteiger partial charge in [0.25, 0.3) is 0 Å². The second-order valence-electron chi connectivity index (χ2n) is 3.97. The SMILES string of the molecule is CS(=O)(=O)N1CC=C(c2ccnc(Cl)c2)CC1. The molecule has 1 aromatic heterocycles. The molecule has 17 heavy (non-hydrogen) atoms. The molecule has 0 aromatic carbocycles. The van der Waals surface area contributed by atoms with Gasteiger partial charge in [0.1, 0.15) is 5.15 Å². The highest BCUT2D eigenvalue weighted by Crippen LogP contribution is 2.24. The van der Waals surface area contributed by atoms with Gasteiger partial charge in [-0.15, -0.1) is 0 Å². The predicted molar refractivity (Wildman–Crippen MR) is 68.3 cm³/mol. The summed E-state index contributed by atoms with van der Waals surface area (Å²) in [6.07, 6.45) is 5.51. The summed E-state index contributed by atoms with van der Waals surface area (Å²) < 4.78 is 24.2. The van der Waals surface area contributed by atoms with Gasteiger partial charge in [0.2, 0.25) is 10.0 Å². The van der Waals surface area contributed by atoms with E-state index in [9.17, 15) is 8.42 Å². The van der Waals surface area contributed by atoms with Gasteiger partial charge in [-0.25, -0.2) is 13.4 Å². The van der Waals surface area contributed by atoms with Crippen LogP contribution in [0.2, 0.25) is 5.15 Å². The zero-order valence-corrected chi connectivity index (χ0v) is 11.0. The molecule has 4 nitrogen and oxygen atoms in total. The maximum absolute atomic E-state index is 11.3. The summed E-state index contributed by atoms with van der Waals surface area (Å²) in [4.78, 5) is 3.92. The largest absolute Gasteiger partial charge is 0.245 e. The van der Waals surface area contributed by atoms with Gasteiger partial charge in [0.15, 0.2) is 0 Å². The topological polar surface area (TPSA) is 50.3 Å². The van der Waals surface area contributed by atoms with Crippen LogP contribution in [0, 0.1) is 0 Å². The standard InChI is InChI=1S/C11H13ClN2O2S/c1-17(15,16)14-6-3-9(4-7-14)10-2-5-13-11(12)8-10/h2-3,5,8H,4,6-7H2,1H3. The molecule has 1 aliphatic rings. The van der Waals surface area contributed by atoms with Crippen LogP contribution < -0.4 is 0 Å². The molecule has 1 aromatic rings. The smallest absolute Gasteiger partial charge is 0.211 e. The third-order valence-corrected chi connectivity index (χ3v) is 4.21. The molecular formula is C11H13ClN2O2S. The van der Waals surface area contributed by atoms with Crippen LogP contribution in [-0.4, -0.2) is 37.1 Å².